The van der Waals surface area contributed by atoms with Crippen molar-refractivity contribution in [1.29, 1.82) is 0 Å². The van der Waals surface area contributed by atoms with Gasteiger partial charge < -0.3 is 25.0 Å². The molecule has 0 bridgehead atoms. The summed E-state index contributed by atoms with van der Waals surface area (Å²) in [5.74, 6) is 0.118. The van der Waals surface area contributed by atoms with Gasteiger partial charge in [-0.15, -0.1) is 0 Å². The molecular weight excluding hydrogens is 310 g/mol. The van der Waals surface area contributed by atoms with Crippen LogP contribution >= 0.6 is 0 Å². The molecule has 0 aliphatic carbocycles. The van der Waals surface area contributed by atoms with Gasteiger partial charge in [0.25, 0.3) is 0 Å². The third-order valence-corrected chi connectivity index (χ3v) is 4.60. The van der Waals surface area contributed by atoms with Gasteiger partial charge in [0.1, 0.15) is 18.3 Å². The lowest BCUT2D eigenvalue weighted by Crippen LogP contribution is -2.40. The Bertz CT molecular complexity index is 476. The van der Waals surface area contributed by atoms with Crippen molar-refractivity contribution in [2.24, 2.45) is 0 Å². The van der Waals surface area contributed by atoms with Crippen molar-refractivity contribution >= 4 is 5.78 Å². The first kappa shape index (κ1) is 19.1. The van der Waals surface area contributed by atoms with E-state index in [2.05, 4.69) is 6.92 Å². The summed E-state index contributed by atoms with van der Waals surface area (Å²) in [5, 5.41) is 29.1. The molecule has 0 spiro atoms. The van der Waals surface area contributed by atoms with Crippen LogP contribution in [0.15, 0.2) is 24.0 Å². The lowest BCUT2D eigenvalue weighted by atomic mass is 10.0. The second-order valence-electron chi connectivity index (χ2n) is 6.51. The lowest BCUT2D eigenvalue weighted by molar-refractivity contribution is -0.116. The number of ether oxygens (including phenoxy) is 1. The normalized spacial score (nSPS) is 29.8. The molecule has 2 rings (SSSR count). The fourth-order valence-electron chi connectivity index (χ4n) is 3.10. The van der Waals surface area contributed by atoms with E-state index < -0.39 is 24.5 Å². The highest BCUT2D eigenvalue weighted by atomic mass is 16.6. The summed E-state index contributed by atoms with van der Waals surface area (Å²) in [7, 11) is 0. The molecule has 6 heteroatoms. The molecule has 2 heterocycles. The number of carbonyl (C=O) groups is 1. The van der Waals surface area contributed by atoms with Gasteiger partial charge in [-0.05, 0) is 12.8 Å². The molecule has 0 aromatic carbocycles. The maximum atomic E-state index is 12.3. The molecule has 24 heavy (non-hydrogen) atoms. The Morgan fingerprint density at radius 2 is 2.00 bits per heavy atom. The minimum Gasteiger partial charge on any atom is -0.394 e. The predicted octanol–water partition coefficient (Wildman–Crippen LogP) is 1.46. The summed E-state index contributed by atoms with van der Waals surface area (Å²) >= 11 is 0. The van der Waals surface area contributed by atoms with Crippen LogP contribution in [0.5, 0.6) is 0 Å². The van der Waals surface area contributed by atoms with E-state index in [1.807, 2.05) is 6.08 Å². The van der Waals surface area contributed by atoms with Crippen molar-refractivity contribution in [2.45, 2.75) is 76.4 Å². The third kappa shape index (κ3) is 4.66. The summed E-state index contributed by atoms with van der Waals surface area (Å²) in [4.78, 5) is 13.9. The molecule has 2 aliphatic heterocycles. The number of hydrogen-bond acceptors (Lipinski definition) is 6. The van der Waals surface area contributed by atoms with Crippen LogP contribution < -0.4 is 0 Å². The molecule has 1 saturated heterocycles. The van der Waals surface area contributed by atoms with Crippen LogP contribution in [-0.4, -0.2) is 57.1 Å². The molecule has 1 fully saturated rings. The van der Waals surface area contributed by atoms with Gasteiger partial charge in [-0.1, -0.05) is 38.7 Å². The van der Waals surface area contributed by atoms with E-state index in [0.717, 1.165) is 19.3 Å². The molecule has 0 aromatic rings. The molecule has 0 amide bonds. The van der Waals surface area contributed by atoms with Gasteiger partial charge >= 0.3 is 0 Å². The standard InChI is InChI=1S/C18H29NO5/c1-2-3-4-5-6-9-14(21)13-8-7-10-19(11-13)18-17(23)16(22)15(12-20)24-18/h7,10-11,15-18,20,22-23H,2-6,8-9,12H2,1H3/t15-,16+,17?,18-/m1/s1. The molecule has 4 atom stereocenters. The molecule has 3 N–H and O–H groups in total. The molecule has 1 unspecified atom stereocenters. The second-order valence-corrected chi connectivity index (χ2v) is 6.51. The number of rotatable bonds is 9. The zero-order chi connectivity index (χ0) is 17.5. The number of hydrogen-bond donors (Lipinski definition) is 3. The quantitative estimate of drug-likeness (QED) is 0.551. The zero-order valence-corrected chi connectivity index (χ0v) is 14.3. The molecule has 6 nitrogen and oxygen atoms in total. The van der Waals surface area contributed by atoms with Crippen molar-refractivity contribution in [2.75, 3.05) is 6.61 Å². The third-order valence-electron chi connectivity index (χ3n) is 4.60. The van der Waals surface area contributed by atoms with Crippen LogP contribution in [-0.2, 0) is 9.53 Å². The minimum atomic E-state index is -1.14. The highest BCUT2D eigenvalue weighted by molar-refractivity contribution is 5.95. The number of aliphatic hydroxyl groups is 3. The summed E-state index contributed by atoms with van der Waals surface area (Å²) in [5.41, 5.74) is 0.686. The average molecular weight is 339 g/mol. The lowest BCUT2D eigenvalue weighted by Gasteiger charge is -2.29. The number of ketones is 1. The average Bonchev–Trinajstić information content (AvgIpc) is 2.89. The van der Waals surface area contributed by atoms with Crippen molar-refractivity contribution in [3.63, 3.8) is 0 Å². The highest BCUT2D eigenvalue weighted by Gasteiger charge is 2.44. The van der Waals surface area contributed by atoms with Gasteiger partial charge in [0.2, 0.25) is 0 Å². The van der Waals surface area contributed by atoms with Crippen LogP contribution in [0.2, 0.25) is 0 Å². The van der Waals surface area contributed by atoms with Crippen LogP contribution in [0.4, 0.5) is 0 Å². The smallest absolute Gasteiger partial charge is 0.162 e. The van der Waals surface area contributed by atoms with Crippen LogP contribution in [0.3, 0.4) is 0 Å². The molecule has 2 aliphatic rings. The van der Waals surface area contributed by atoms with Crippen LogP contribution in [0.25, 0.3) is 0 Å². The number of carbonyl (C=O) groups excluding carboxylic acids is 1. The summed E-state index contributed by atoms with van der Waals surface area (Å²) in [6, 6.07) is 0. The number of nitrogens with zero attached hydrogens (tertiary/aromatic N) is 1. The molecular formula is C18H29NO5. The minimum absolute atomic E-state index is 0.118. The second kappa shape index (κ2) is 9.32. The number of Topliss-reactive ketones (excluding diaryl/α,β-unsaturated/α-hetero) is 1. The Labute approximate surface area is 143 Å². The summed E-state index contributed by atoms with van der Waals surface area (Å²) in [6.45, 7) is 1.80. The van der Waals surface area contributed by atoms with E-state index in [9.17, 15) is 15.0 Å². The van der Waals surface area contributed by atoms with Gasteiger partial charge in [-0.3, -0.25) is 4.79 Å². The number of allylic oxidation sites excluding steroid dienone is 2. The van der Waals surface area contributed by atoms with E-state index >= 15 is 0 Å². The SMILES string of the molecule is CCCCCCCC(=O)C1=CN([C@@H]2O[C@H](CO)[C@H](O)C2O)C=CC1. The van der Waals surface area contributed by atoms with Crippen molar-refractivity contribution in [3.05, 3.63) is 24.0 Å². The zero-order valence-electron chi connectivity index (χ0n) is 14.3. The van der Waals surface area contributed by atoms with E-state index in [1.165, 1.54) is 12.8 Å². The topological polar surface area (TPSA) is 90.2 Å². The molecule has 0 saturated carbocycles. The Kier molecular flexibility index (Phi) is 7.42. The van der Waals surface area contributed by atoms with Gasteiger partial charge in [-0.25, -0.2) is 0 Å². The molecule has 136 valence electrons. The molecule has 0 radical (unpaired) electrons. The Morgan fingerprint density at radius 3 is 2.67 bits per heavy atom. The fourth-order valence-corrected chi connectivity index (χ4v) is 3.10. The van der Waals surface area contributed by atoms with Gasteiger partial charge in [0.15, 0.2) is 12.0 Å². The van der Waals surface area contributed by atoms with Gasteiger partial charge in [0.05, 0.1) is 6.61 Å². The first-order chi connectivity index (χ1) is 11.6. The number of aliphatic hydroxyl groups excluding tert-OH is 3. The first-order valence-electron chi connectivity index (χ1n) is 8.89. The largest absolute Gasteiger partial charge is 0.394 e. The van der Waals surface area contributed by atoms with Crippen LogP contribution in [0, 0.1) is 0 Å². The maximum absolute atomic E-state index is 12.3. The highest BCUT2D eigenvalue weighted by Crippen LogP contribution is 2.27. The molecule has 0 aromatic heterocycles. The first-order valence-corrected chi connectivity index (χ1v) is 8.89. The fraction of sp³-hybridized carbons (Fsp3) is 0.722. The maximum Gasteiger partial charge on any atom is 0.162 e. The van der Waals surface area contributed by atoms with Crippen molar-refractivity contribution in [3.8, 4) is 0 Å². The number of unbranched alkanes of at least 4 members (excludes halogenated alkanes) is 4. The van der Waals surface area contributed by atoms with Gasteiger partial charge in [-0.2, -0.15) is 0 Å². The summed E-state index contributed by atoms with van der Waals surface area (Å²) in [6.07, 6.45) is 8.02. The summed E-state index contributed by atoms with van der Waals surface area (Å²) < 4.78 is 5.50. The van der Waals surface area contributed by atoms with Crippen LogP contribution in [0.1, 0.15) is 51.9 Å². The van der Waals surface area contributed by atoms with Crippen molar-refractivity contribution < 1.29 is 24.9 Å². The Hall–Kier alpha value is -1.21. The van der Waals surface area contributed by atoms with E-state index in [-0.39, 0.29) is 12.4 Å². The van der Waals surface area contributed by atoms with Crippen molar-refractivity contribution in [1.82, 2.24) is 4.90 Å². The monoisotopic (exact) mass is 339 g/mol. The Balaban J connectivity index is 1.90. The van der Waals surface area contributed by atoms with E-state index in [1.54, 1.807) is 17.3 Å². The van der Waals surface area contributed by atoms with Gasteiger partial charge in [0, 0.05) is 24.4 Å². The van der Waals surface area contributed by atoms with E-state index in [4.69, 9.17) is 9.84 Å². The Morgan fingerprint density at radius 1 is 1.25 bits per heavy atom. The predicted molar refractivity (Wildman–Crippen MR) is 89.8 cm³/mol. The van der Waals surface area contributed by atoms with E-state index in [0.29, 0.717) is 18.4 Å².